The highest BCUT2D eigenvalue weighted by Crippen LogP contribution is 2.39. The van der Waals surface area contributed by atoms with Crippen LogP contribution in [0.5, 0.6) is 0 Å². The molecule has 0 radical (unpaired) electrons. The molecule has 0 aliphatic carbocycles. The molecular formula is C13H15ClN2O6. The lowest BCUT2D eigenvalue weighted by atomic mass is 10.0. The quantitative estimate of drug-likeness (QED) is 0.789. The first-order chi connectivity index (χ1) is 10.2. The number of H-pyrrole nitrogens is 1. The number of ketones is 1. The van der Waals surface area contributed by atoms with Gasteiger partial charge in [-0.25, -0.2) is 4.79 Å². The summed E-state index contributed by atoms with van der Waals surface area (Å²) in [6, 6.07) is 0. The Kier molecular flexibility index (Phi) is 3.52. The molecule has 1 aromatic rings. The number of nitrogens with one attached hydrogen (secondary N) is 1. The van der Waals surface area contributed by atoms with Crippen LogP contribution in [0, 0.1) is 0 Å². The summed E-state index contributed by atoms with van der Waals surface area (Å²) in [7, 11) is 0. The van der Waals surface area contributed by atoms with Crippen molar-refractivity contribution in [2.24, 2.45) is 0 Å². The molecule has 22 heavy (non-hydrogen) atoms. The van der Waals surface area contributed by atoms with Crippen LogP contribution in [-0.2, 0) is 19.0 Å². The third-order valence-corrected chi connectivity index (χ3v) is 3.90. The molecule has 3 heterocycles. The Morgan fingerprint density at radius 1 is 1.27 bits per heavy atom. The van der Waals surface area contributed by atoms with Gasteiger partial charge in [-0.15, -0.1) is 0 Å². The van der Waals surface area contributed by atoms with E-state index in [0.717, 1.165) is 4.57 Å². The van der Waals surface area contributed by atoms with Crippen molar-refractivity contribution < 1.29 is 19.0 Å². The molecule has 4 unspecified atom stereocenters. The molecule has 120 valence electrons. The molecule has 3 rings (SSSR count). The van der Waals surface area contributed by atoms with Crippen LogP contribution in [-0.4, -0.2) is 39.4 Å². The molecular weight excluding hydrogens is 316 g/mol. The van der Waals surface area contributed by atoms with E-state index in [1.807, 2.05) is 0 Å². The third-order valence-electron chi connectivity index (χ3n) is 3.63. The van der Waals surface area contributed by atoms with Gasteiger partial charge < -0.3 is 14.2 Å². The summed E-state index contributed by atoms with van der Waals surface area (Å²) < 4.78 is 18.0. The summed E-state index contributed by atoms with van der Waals surface area (Å²) in [6.45, 7) is 4.91. The molecule has 4 atom stereocenters. The number of hydrogen-bond acceptors (Lipinski definition) is 6. The fraction of sp³-hybridized carbons (Fsp3) is 0.615. The summed E-state index contributed by atoms with van der Waals surface area (Å²) in [4.78, 5) is 37.7. The molecule has 0 saturated carbocycles. The Hall–Kier alpha value is -1.48. The Morgan fingerprint density at radius 2 is 1.95 bits per heavy atom. The van der Waals surface area contributed by atoms with Gasteiger partial charge in [0.1, 0.15) is 17.2 Å². The maximum Gasteiger partial charge on any atom is 0.330 e. The standard InChI is InChI=1S/C13H15ClN2O6/c1-5-7(17)8-9(22-13(2,3)21-8)11(20-5)16-4-6(14)10(18)15-12(16)19/h4-5,8-9,11H,1-3H3,(H,15,18,19). The van der Waals surface area contributed by atoms with Crippen molar-refractivity contribution in [2.75, 3.05) is 0 Å². The van der Waals surface area contributed by atoms with E-state index < -0.39 is 41.6 Å². The van der Waals surface area contributed by atoms with Gasteiger partial charge in [-0.1, -0.05) is 11.6 Å². The number of carbonyl (C=O) groups is 1. The highest BCUT2D eigenvalue weighted by Gasteiger charge is 2.54. The van der Waals surface area contributed by atoms with E-state index in [1.54, 1.807) is 20.8 Å². The van der Waals surface area contributed by atoms with Crippen LogP contribution in [0.1, 0.15) is 27.0 Å². The van der Waals surface area contributed by atoms with Gasteiger partial charge in [0.05, 0.1) is 0 Å². The number of nitrogens with zero attached hydrogens (tertiary/aromatic N) is 1. The van der Waals surface area contributed by atoms with Crippen molar-refractivity contribution in [1.82, 2.24) is 9.55 Å². The second-order valence-corrected chi connectivity index (χ2v) is 6.14. The number of ether oxygens (including phenoxy) is 3. The molecule has 1 aromatic heterocycles. The minimum Gasteiger partial charge on any atom is -0.344 e. The van der Waals surface area contributed by atoms with Crippen LogP contribution < -0.4 is 11.2 Å². The Balaban J connectivity index is 2.07. The van der Waals surface area contributed by atoms with Gasteiger partial charge in [-0.2, -0.15) is 0 Å². The van der Waals surface area contributed by atoms with Crippen LogP contribution in [0.15, 0.2) is 15.8 Å². The van der Waals surface area contributed by atoms with Crippen molar-refractivity contribution in [3.05, 3.63) is 32.1 Å². The number of carbonyl (C=O) groups excluding carboxylic acids is 1. The first-order valence-corrected chi connectivity index (χ1v) is 7.13. The van der Waals surface area contributed by atoms with E-state index in [0.29, 0.717) is 0 Å². The number of Topliss-reactive ketones (excluding diaryl/α,β-unsaturated/α-hetero) is 1. The Labute approximate surface area is 129 Å². The number of fused-ring (bicyclic) bond motifs is 1. The van der Waals surface area contributed by atoms with E-state index >= 15 is 0 Å². The molecule has 2 saturated heterocycles. The Morgan fingerprint density at radius 3 is 2.64 bits per heavy atom. The maximum atomic E-state index is 12.2. The topological polar surface area (TPSA) is 99.6 Å². The summed E-state index contributed by atoms with van der Waals surface area (Å²) in [5, 5.41) is -0.164. The van der Waals surface area contributed by atoms with Crippen molar-refractivity contribution in [2.45, 2.75) is 51.1 Å². The molecule has 2 fully saturated rings. The molecule has 2 aliphatic rings. The zero-order valence-corrected chi connectivity index (χ0v) is 12.9. The number of hydrogen-bond donors (Lipinski definition) is 1. The normalized spacial score (nSPS) is 33.7. The van der Waals surface area contributed by atoms with Gasteiger partial charge in [-0.3, -0.25) is 19.1 Å². The predicted octanol–water partition coefficient (Wildman–Crippen LogP) is 0.196. The van der Waals surface area contributed by atoms with E-state index in [1.165, 1.54) is 6.20 Å². The lowest BCUT2D eigenvalue weighted by Crippen LogP contribution is -2.52. The number of aromatic nitrogens is 2. The molecule has 0 spiro atoms. The van der Waals surface area contributed by atoms with Gasteiger partial charge in [0.15, 0.2) is 23.9 Å². The number of aromatic amines is 1. The Bertz CT molecular complexity index is 739. The van der Waals surface area contributed by atoms with Gasteiger partial charge in [0.25, 0.3) is 5.56 Å². The van der Waals surface area contributed by atoms with Crippen LogP contribution in [0.4, 0.5) is 0 Å². The first-order valence-electron chi connectivity index (χ1n) is 6.75. The molecule has 0 aromatic carbocycles. The molecule has 0 bridgehead atoms. The largest absolute Gasteiger partial charge is 0.344 e. The molecule has 2 aliphatic heterocycles. The van der Waals surface area contributed by atoms with Crippen molar-refractivity contribution in [1.29, 1.82) is 0 Å². The highest BCUT2D eigenvalue weighted by molar-refractivity contribution is 6.30. The average Bonchev–Trinajstić information content (AvgIpc) is 2.74. The van der Waals surface area contributed by atoms with E-state index in [-0.39, 0.29) is 10.8 Å². The summed E-state index contributed by atoms with van der Waals surface area (Å²) in [5.74, 6) is -1.23. The van der Waals surface area contributed by atoms with E-state index in [2.05, 4.69) is 4.98 Å². The van der Waals surface area contributed by atoms with E-state index in [4.69, 9.17) is 25.8 Å². The van der Waals surface area contributed by atoms with Gasteiger partial charge in [0.2, 0.25) is 0 Å². The third kappa shape index (κ3) is 2.41. The minimum atomic E-state index is -0.980. The first kappa shape index (κ1) is 15.4. The molecule has 1 N–H and O–H groups in total. The van der Waals surface area contributed by atoms with Crippen LogP contribution in [0.2, 0.25) is 5.02 Å². The second-order valence-electron chi connectivity index (χ2n) is 5.74. The fourth-order valence-electron chi connectivity index (χ4n) is 2.68. The van der Waals surface area contributed by atoms with Crippen molar-refractivity contribution in [3.63, 3.8) is 0 Å². The summed E-state index contributed by atoms with van der Waals surface area (Å²) in [5.41, 5.74) is -1.39. The number of halogens is 1. The van der Waals surface area contributed by atoms with Crippen LogP contribution in [0.3, 0.4) is 0 Å². The van der Waals surface area contributed by atoms with Gasteiger partial charge >= 0.3 is 5.69 Å². The summed E-state index contributed by atoms with van der Waals surface area (Å²) >= 11 is 5.77. The van der Waals surface area contributed by atoms with Gasteiger partial charge in [0, 0.05) is 6.20 Å². The highest BCUT2D eigenvalue weighted by atomic mass is 35.5. The number of rotatable bonds is 1. The monoisotopic (exact) mass is 330 g/mol. The lowest BCUT2D eigenvalue weighted by molar-refractivity contribution is -0.182. The fourth-order valence-corrected chi connectivity index (χ4v) is 2.83. The molecule has 8 nitrogen and oxygen atoms in total. The summed E-state index contributed by atoms with van der Waals surface area (Å²) in [6.07, 6.45) is -2.19. The zero-order valence-electron chi connectivity index (χ0n) is 12.2. The molecule has 9 heteroatoms. The van der Waals surface area contributed by atoms with Crippen molar-refractivity contribution in [3.8, 4) is 0 Å². The zero-order chi connectivity index (χ0) is 16.2. The second kappa shape index (κ2) is 5.02. The van der Waals surface area contributed by atoms with Gasteiger partial charge in [-0.05, 0) is 20.8 Å². The van der Waals surface area contributed by atoms with Crippen LogP contribution in [0.25, 0.3) is 0 Å². The lowest BCUT2D eigenvalue weighted by Gasteiger charge is -2.34. The minimum absolute atomic E-state index is 0.164. The molecule has 0 amide bonds. The smallest absolute Gasteiger partial charge is 0.330 e. The average molecular weight is 331 g/mol. The maximum absolute atomic E-state index is 12.2. The SMILES string of the molecule is CC1OC(n2cc(Cl)c(=O)[nH]c2=O)C2OC(C)(C)OC2C1=O. The van der Waals surface area contributed by atoms with E-state index in [9.17, 15) is 14.4 Å². The predicted molar refractivity (Wildman–Crippen MR) is 74.7 cm³/mol. The van der Waals surface area contributed by atoms with Crippen molar-refractivity contribution >= 4 is 17.4 Å². The van der Waals surface area contributed by atoms with Crippen LogP contribution >= 0.6 is 11.6 Å².